The van der Waals surface area contributed by atoms with Crippen LogP contribution in [0.2, 0.25) is 0 Å². The van der Waals surface area contributed by atoms with E-state index < -0.39 is 54.5 Å². The van der Waals surface area contributed by atoms with Gasteiger partial charge in [-0.1, -0.05) is 13.8 Å². The Labute approximate surface area is 152 Å². The molecule has 148 valence electrons. The second-order valence-corrected chi connectivity index (χ2v) is 6.79. The Morgan fingerprint density at radius 3 is 2.23 bits per heavy atom. The summed E-state index contributed by atoms with van der Waals surface area (Å²) in [4.78, 5) is 49.3. The highest BCUT2D eigenvalue weighted by molar-refractivity contribution is 5.94. The van der Waals surface area contributed by atoms with Crippen LogP contribution in [0.5, 0.6) is 0 Å². The zero-order valence-corrected chi connectivity index (χ0v) is 15.3. The summed E-state index contributed by atoms with van der Waals surface area (Å²) in [5.74, 6) is -3.24. The summed E-state index contributed by atoms with van der Waals surface area (Å²) in [6.45, 7) is 4.50. The van der Waals surface area contributed by atoms with Crippen LogP contribution in [-0.4, -0.2) is 76.1 Å². The van der Waals surface area contributed by atoms with Crippen molar-refractivity contribution in [1.29, 1.82) is 0 Å². The summed E-state index contributed by atoms with van der Waals surface area (Å²) in [7, 11) is 0. The van der Waals surface area contributed by atoms with Gasteiger partial charge in [-0.15, -0.1) is 0 Å². The van der Waals surface area contributed by atoms with E-state index in [-0.39, 0.29) is 5.92 Å². The number of rotatable bonds is 8. The van der Waals surface area contributed by atoms with Crippen LogP contribution in [0.4, 0.5) is 0 Å². The fraction of sp³-hybridized carbons (Fsp3) is 0.750. The molecule has 1 fully saturated rings. The maximum absolute atomic E-state index is 12.8. The molecule has 1 saturated heterocycles. The highest BCUT2D eigenvalue weighted by atomic mass is 16.4. The molecule has 1 aliphatic rings. The van der Waals surface area contributed by atoms with E-state index in [9.17, 15) is 29.4 Å². The van der Waals surface area contributed by atoms with Gasteiger partial charge in [-0.3, -0.25) is 14.4 Å². The molecule has 3 amide bonds. The lowest BCUT2D eigenvalue weighted by molar-refractivity contribution is -0.150. The first-order valence-corrected chi connectivity index (χ1v) is 8.60. The molecule has 0 aromatic carbocycles. The Kier molecular flexibility index (Phi) is 7.97. The fourth-order valence-electron chi connectivity index (χ4n) is 2.73. The number of carbonyl (C=O) groups excluding carboxylic acids is 3. The number of amides is 3. The molecule has 10 heteroatoms. The largest absolute Gasteiger partial charge is 0.480 e. The fourth-order valence-corrected chi connectivity index (χ4v) is 2.73. The molecule has 0 spiro atoms. The number of hydrogen-bond acceptors (Lipinski definition) is 6. The van der Waals surface area contributed by atoms with Crippen LogP contribution in [0.15, 0.2) is 0 Å². The van der Waals surface area contributed by atoms with Crippen LogP contribution in [0.25, 0.3) is 0 Å². The van der Waals surface area contributed by atoms with Crippen molar-refractivity contribution >= 4 is 23.7 Å². The van der Waals surface area contributed by atoms with E-state index in [0.717, 1.165) is 0 Å². The smallest absolute Gasteiger partial charge is 0.326 e. The summed E-state index contributed by atoms with van der Waals surface area (Å²) in [5.41, 5.74) is 5.42. The van der Waals surface area contributed by atoms with E-state index in [1.54, 1.807) is 13.8 Å². The molecule has 1 heterocycles. The molecule has 0 saturated carbocycles. The van der Waals surface area contributed by atoms with Gasteiger partial charge in [0.05, 0.1) is 12.6 Å². The zero-order chi connectivity index (χ0) is 20.0. The van der Waals surface area contributed by atoms with Crippen LogP contribution >= 0.6 is 0 Å². The molecule has 4 atom stereocenters. The predicted molar refractivity (Wildman–Crippen MR) is 91.8 cm³/mol. The monoisotopic (exact) mass is 372 g/mol. The summed E-state index contributed by atoms with van der Waals surface area (Å²) in [6, 6.07) is -3.99. The number of likely N-dealkylation sites (tertiary alicyclic amines) is 1. The molecule has 0 aromatic heterocycles. The minimum atomic E-state index is -1.25. The Bertz CT molecular complexity index is 551. The summed E-state index contributed by atoms with van der Waals surface area (Å²) < 4.78 is 0. The molecule has 6 N–H and O–H groups in total. The molecule has 0 aliphatic carbocycles. The molecule has 0 radical (unpaired) electrons. The van der Waals surface area contributed by atoms with Crippen molar-refractivity contribution in [3.63, 3.8) is 0 Å². The van der Waals surface area contributed by atoms with E-state index in [2.05, 4.69) is 10.6 Å². The maximum atomic E-state index is 12.8. The molecule has 10 nitrogen and oxygen atoms in total. The average Bonchev–Trinajstić information content (AvgIpc) is 3.05. The molecule has 1 aliphatic heterocycles. The highest BCUT2D eigenvalue weighted by Crippen LogP contribution is 2.20. The Morgan fingerprint density at radius 2 is 1.77 bits per heavy atom. The number of nitrogens with two attached hydrogens (primary N) is 1. The minimum Gasteiger partial charge on any atom is -0.480 e. The van der Waals surface area contributed by atoms with Crippen LogP contribution in [0, 0.1) is 5.92 Å². The van der Waals surface area contributed by atoms with Crippen molar-refractivity contribution in [1.82, 2.24) is 15.5 Å². The molecule has 1 rings (SSSR count). The molecule has 0 bridgehead atoms. The van der Waals surface area contributed by atoms with Gasteiger partial charge in [0.2, 0.25) is 17.7 Å². The normalized spacial score (nSPS) is 20.4. The Hall–Kier alpha value is -2.20. The minimum absolute atomic E-state index is 0.305. The average molecular weight is 372 g/mol. The quantitative estimate of drug-likeness (QED) is 0.330. The van der Waals surface area contributed by atoms with Gasteiger partial charge in [-0.25, -0.2) is 4.79 Å². The van der Waals surface area contributed by atoms with E-state index in [1.165, 1.54) is 11.8 Å². The van der Waals surface area contributed by atoms with Gasteiger partial charge in [0.15, 0.2) is 0 Å². The first-order valence-electron chi connectivity index (χ1n) is 8.60. The number of carbonyl (C=O) groups is 4. The van der Waals surface area contributed by atoms with E-state index in [4.69, 9.17) is 5.73 Å². The molecule has 26 heavy (non-hydrogen) atoms. The molecule has 0 aromatic rings. The number of carboxylic acid groups (broad SMARTS) is 1. The van der Waals surface area contributed by atoms with Gasteiger partial charge in [-0.2, -0.15) is 0 Å². The number of carboxylic acids is 1. The van der Waals surface area contributed by atoms with Crippen LogP contribution in [-0.2, 0) is 19.2 Å². The summed E-state index contributed by atoms with van der Waals surface area (Å²) in [5, 5.41) is 23.4. The van der Waals surface area contributed by atoms with Crippen molar-refractivity contribution in [3.8, 4) is 0 Å². The van der Waals surface area contributed by atoms with Gasteiger partial charge < -0.3 is 31.5 Å². The van der Waals surface area contributed by atoms with Gasteiger partial charge in [-0.05, 0) is 25.7 Å². The van der Waals surface area contributed by atoms with Crippen molar-refractivity contribution in [3.05, 3.63) is 0 Å². The third kappa shape index (κ3) is 5.40. The van der Waals surface area contributed by atoms with Gasteiger partial charge in [0, 0.05) is 6.54 Å². The van der Waals surface area contributed by atoms with Crippen molar-refractivity contribution in [2.24, 2.45) is 11.7 Å². The molecular formula is C16H28N4O6. The van der Waals surface area contributed by atoms with Crippen molar-refractivity contribution in [2.45, 2.75) is 57.8 Å². The van der Waals surface area contributed by atoms with E-state index in [1.807, 2.05) is 0 Å². The molecule has 4 unspecified atom stereocenters. The van der Waals surface area contributed by atoms with Gasteiger partial charge in [0.1, 0.15) is 18.1 Å². The van der Waals surface area contributed by atoms with Crippen LogP contribution < -0.4 is 16.4 Å². The lowest BCUT2D eigenvalue weighted by Gasteiger charge is -2.30. The number of aliphatic carboxylic acids is 1. The SMILES string of the molecule is CC(N)C(=O)NC(CO)C(=O)NC(C(=O)N1CCCC1C(=O)O)C(C)C. The molecular weight excluding hydrogens is 344 g/mol. The lowest BCUT2D eigenvalue weighted by atomic mass is 10.0. The van der Waals surface area contributed by atoms with Crippen LogP contribution in [0.1, 0.15) is 33.6 Å². The highest BCUT2D eigenvalue weighted by Gasteiger charge is 2.39. The van der Waals surface area contributed by atoms with Crippen molar-refractivity contribution in [2.75, 3.05) is 13.2 Å². The summed E-state index contributed by atoms with van der Waals surface area (Å²) >= 11 is 0. The third-order valence-electron chi connectivity index (χ3n) is 4.28. The number of aliphatic hydroxyl groups is 1. The predicted octanol–water partition coefficient (Wildman–Crippen LogP) is -1.97. The van der Waals surface area contributed by atoms with Gasteiger partial charge >= 0.3 is 5.97 Å². The lowest BCUT2D eigenvalue weighted by Crippen LogP contribution is -2.59. The van der Waals surface area contributed by atoms with E-state index >= 15 is 0 Å². The third-order valence-corrected chi connectivity index (χ3v) is 4.28. The second-order valence-electron chi connectivity index (χ2n) is 6.79. The summed E-state index contributed by atoms with van der Waals surface area (Å²) in [6.07, 6.45) is 0.939. The number of nitrogens with zero attached hydrogens (tertiary/aromatic N) is 1. The Morgan fingerprint density at radius 1 is 1.15 bits per heavy atom. The second kappa shape index (κ2) is 9.48. The maximum Gasteiger partial charge on any atom is 0.326 e. The van der Waals surface area contributed by atoms with Crippen molar-refractivity contribution < 1.29 is 29.4 Å². The van der Waals surface area contributed by atoms with Crippen LogP contribution in [0.3, 0.4) is 0 Å². The topological polar surface area (TPSA) is 162 Å². The Balaban J connectivity index is 2.86. The zero-order valence-electron chi connectivity index (χ0n) is 15.3. The standard InChI is InChI=1S/C16H28N4O6/c1-8(2)12(15(24)20-6-4-5-11(20)16(25)26)19-14(23)10(7-21)18-13(22)9(3)17/h8-12,21H,4-7,17H2,1-3H3,(H,18,22)(H,19,23)(H,25,26). The number of aliphatic hydroxyl groups excluding tert-OH is 1. The van der Waals surface area contributed by atoms with E-state index in [0.29, 0.717) is 19.4 Å². The number of nitrogens with one attached hydrogen (secondary N) is 2. The first kappa shape index (κ1) is 21.8. The number of hydrogen-bond donors (Lipinski definition) is 5. The van der Waals surface area contributed by atoms with Gasteiger partial charge in [0.25, 0.3) is 0 Å². The first-order chi connectivity index (χ1) is 12.1.